The van der Waals surface area contributed by atoms with Crippen molar-refractivity contribution in [3.05, 3.63) is 11.8 Å². The van der Waals surface area contributed by atoms with Crippen molar-refractivity contribution in [3.8, 4) is 0 Å². The van der Waals surface area contributed by atoms with Crippen LogP contribution in [0.5, 0.6) is 0 Å². The number of carbonyl (C=O) groups is 2. The van der Waals surface area contributed by atoms with Gasteiger partial charge in [0, 0.05) is 25.6 Å². The number of hydrogen-bond donors (Lipinski definition) is 1. The van der Waals surface area contributed by atoms with Crippen molar-refractivity contribution in [1.82, 2.24) is 10.2 Å². The minimum Gasteiger partial charge on any atom is -0.444 e. The van der Waals surface area contributed by atoms with Crippen LogP contribution in [0.1, 0.15) is 52.9 Å². The van der Waals surface area contributed by atoms with E-state index >= 15 is 0 Å². The normalized spacial score (nSPS) is 20.1. The van der Waals surface area contributed by atoms with Crippen LogP contribution in [0.4, 0.5) is 18.0 Å². The van der Waals surface area contributed by atoms with Crippen LogP contribution in [0.3, 0.4) is 0 Å². The van der Waals surface area contributed by atoms with Crippen LogP contribution in [0.25, 0.3) is 0 Å². The van der Waals surface area contributed by atoms with E-state index in [2.05, 4.69) is 9.50 Å². The Morgan fingerprint density at radius 3 is 2.24 bits per heavy atom. The number of amides is 2. The van der Waals surface area contributed by atoms with Gasteiger partial charge in [0.25, 0.3) is 0 Å². The number of carbonyl (C=O) groups excluding carboxylic acids is 2. The van der Waals surface area contributed by atoms with E-state index in [0.29, 0.717) is 12.8 Å². The highest BCUT2D eigenvalue weighted by Gasteiger charge is 2.48. The second kappa shape index (κ2) is 10.2. The summed E-state index contributed by atoms with van der Waals surface area (Å²) in [5.41, 5.74) is -5.79. The van der Waals surface area contributed by atoms with Gasteiger partial charge in [-0.2, -0.15) is 21.6 Å². The molecule has 29 heavy (non-hydrogen) atoms. The van der Waals surface area contributed by atoms with Gasteiger partial charge in [0.05, 0.1) is 0 Å². The zero-order valence-corrected chi connectivity index (χ0v) is 17.4. The number of halogens is 3. The summed E-state index contributed by atoms with van der Waals surface area (Å²) >= 11 is 0. The second-order valence-electron chi connectivity index (χ2n) is 7.58. The standard InChI is InChI=1S/C9H17NO2.C8H10F3NO4S/c1-9(2,3)12-8(11)10-6-4-5-7-10;9-8(10,11)17(14,15)16-7-3-1-6(2-4-7)12-5-13/h4-7H2,1-3H3;3,5-6H,1-2,4H2,(H,12,13). The highest BCUT2D eigenvalue weighted by Crippen LogP contribution is 2.29. The summed E-state index contributed by atoms with van der Waals surface area (Å²) in [6, 6.07) is -0.201. The fourth-order valence-electron chi connectivity index (χ4n) is 2.55. The molecule has 168 valence electrons. The van der Waals surface area contributed by atoms with Crippen LogP contribution in [0, 0.1) is 0 Å². The fraction of sp³-hybridized carbons (Fsp3) is 0.765. The first-order chi connectivity index (χ1) is 13.2. The van der Waals surface area contributed by atoms with Crippen LogP contribution in [-0.4, -0.2) is 56.1 Å². The molecule has 8 nitrogen and oxygen atoms in total. The maximum atomic E-state index is 12.0. The van der Waals surface area contributed by atoms with E-state index in [4.69, 9.17) is 4.74 Å². The lowest BCUT2D eigenvalue weighted by atomic mass is 10.0. The van der Waals surface area contributed by atoms with E-state index in [1.165, 1.54) is 6.08 Å². The molecule has 2 aliphatic rings. The smallest absolute Gasteiger partial charge is 0.444 e. The molecule has 0 aromatic heterocycles. The molecule has 1 N–H and O–H groups in total. The number of ether oxygens (including phenoxy) is 1. The van der Waals surface area contributed by atoms with E-state index < -0.39 is 15.6 Å². The van der Waals surface area contributed by atoms with Crippen LogP contribution in [-0.2, 0) is 23.8 Å². The van der Waals surface area contributed by atoms with Gasteiger partial charge < -0.3 is 19.1 Å². The van der Waals surface area contributed by atoms with Gasteiger partial charge in [0.1, 0.15) is 11.4 Å². The van der Waals surface area contributed by atoms with Crippen molar-refractivity contribution in [3.63, 3.8) is 0 Å². The van der Waals surface area contributed by atoms with E-state index in [1.54, 1.807) is 4.90 Å². The zero-order valence-electron chi connectivity index (χ0n) is 16.6. The predicted molar refractivity (Wildman–Crippen MR) is 98.0 cm³/mol. The van der Waals surface area contributed by atoms with E-state index in [-0.39, 0.29) is 36.3 Å². The first-order valence-electron chi connectivity index (χ1n) is 9.12. The predicted octanol–water partition coefficient (Wildman–Crippen LogP) is 3.05. The van der Waals surface area contributed by atoms with Gasteiger partial charge in [-0.3, -0.25) is 4.79 Å². The molecule has 2 rings (SSSR count). The molecule has 0 bridgehead atoms. The van der Waals surface area contributed by atoms with Crippen LogP contribution < -0.4 is 5.32 Å². The Morgan fingerprint density at radius 1 is 1.24 bits per heavy atom. The Kier molecular flexibility index (Phi) is 8.79. The average Bonchev–Trinajstić information content (AvgIpc) is 3.09. The van der Waals surface area contributed by atoms with Crippen molar-refractivity contribution in [2.45, 2.75) is 70.0 Å². The lowest BCUT2D eigenvalue weighted by molar-refractivity contribution is -0.110. The second-order valence-corrected chi connectivity index (χ2v) is 9.12. The molecule has 12 heteroatoms. The summed E-state index contributed by atoms with van der Waals surface area (Å²) < 4.78 is 66.5. The van der Waals surface area contributed by atoms with Crippen LogP contribution >= 0.6 is 0 Å². The van der Waals surface area contributed by atoms with Crippen molar-refractivity contribution >= 4 is 22.6 Å². The Hall–Kier alpha value is -1.98. The summed E-state index contributed by atoms with van der Waals surface area (Å²) in [5, 5.41) is 2.45. The Labute approximate surface area is 168 Å². The maximum absolute atomic E-state index is 12.0. The molecule has 1 aliphatic carbocycles. The molecule has 1 atom stereocenters. The minimum absolute atomic E-state index is 0.0286. The van der Waals surface area contributed by atoms with Gasteiger partial charge in [-0.15, -0.1) is 0 Å². The molecule has 1 unspecified atom stereocenters. The van der Waals surface area contributed by atoms with E-state index in [9.17, 15) is 31.2 Å². The lowest BCUT2D eigenvalue weighted by Gasteiger charge is -2.23. The molecule has 0 aromatic carbocycles. The number of rotatable bonds is 4. The SMILES string of the molecule is CC(C)(C)OC(=O)N1CCCC1.O=CNC1CC=C(OS(=O)(=O)C(F)(F)F)CC1. The largest absolute Gasteiger partial charge is 0.534 e. The number of alkyl halides is 3. The molecule has 1 fully saturated rings. The van der Waals surface area contributed by atoms with E-state index in [1.807, 2.05) is 20.8 Å². The number of nitrogens with zero attached hydrogens (tertiary/aromatic N) is 1. The Bertz CT molecular complexity index is 695. The maximum Gasteiger partial charge on any atom is 0.534 e. The minimum atomic E-state index is -5.59. The monoisotopic (exact) mass is 444 g/mol. The molecule has 2 amide bonds. The topological polar surface area (TPSA) is 102 Å². The number of hydrogen-bond acceptors (Lipinski definition) is 6. The van der Waals surface area contributed by atoms with Gasteiger partial charge in [-0.1, -0.05) is 0 Å². The Morgan fingerprint density at radius 2 is 1.83 bits per heavy atom. The quantitative estimate of drug-likeness (QED) is 0.406. The van der Waals surface area contributed by atoms with Crippen molar-refractivity contribution < 1.29 is 40.1 Å². The summed E-state index contributed by atoms with van der Waals surface area (Å²) in [4.78, 5) is 23.2. The molecule has 0 radical (unpaired) electrons. The first-order valence-corrected chi connectivity index (χ1v) is 10.5. The highest BCUT2D eigenvalue weighted by atomic mass is 32.2. The average molecular weight is 444 g/mol. The molecule has 1 aliphatic heterocycles. The van der Waals surface area contributed by atoms with Crippen molar-refractivity contribution in [1.29, 1.82) is 0 Å². The third kappa shape index (κ3) is 8.92. The summed E-state index contributed by atoms with van der Waals surface area (Å²) in [6.45, 7) is 7.38. The molecule has 0 spiro atoms. The van der Waals surface area contributed by atoms with Gasteiger partial charge in [0.15, 0.2) is 0 Å². The van der Waals surface area contributed by atoms with Crippen LogP contribution in [0.15, 0.2) is 11.8 Å². The first kappa shape index (κ1) is 25.1. The van der Waals surface area contributed by atoms with Gasteiger partial charge in [-0.05, 0) is 52.5 Å². The number of likely N-dealkylation sites (tertiary alicyclic amines) is 1. The molecule has 0 aromatic rings. The lowest BCUT2D eigenvalue weighted by Crippen LogP contribution is -2.34. The third-order valence-electron chi connectivity index (χ3n) is 3.93. The summed E-state index contributed by atoms with van der Waals surface area (Å²) in [7, 11) is -5.59. The number of allylic oxidation sites excluding steroid dienone is 1. The molecule has 0 saturated carbocycles. The third-order valence-corrected chi connectivity index (χ3v) is 4.93. The summed E-state index contributed by atoms with van der Waals surface area (Å²) in [6.07, 6.45) is 4.36. The molecular formula is C17H27F3N2O6S. The molecule has 1 saturated heterocycles. The zero-order chi connectivity index (χ0) is 22.3. The molecular weight excluding hydrogens is 417 g/mol. The van der Waals surface area contributed by atoms with Crippen molar-refractivity contribution in [2.24, 2.45) is 0 Å². The summed E-state index contributed by atoms with van der Waals surface area (Å²) in [5.74, 6) is -0.244. The number of nitrogens with one attached hydrogen (secondary N) is 1. The Balaban J connectivity index is 0.000000308. The van der Waals surface area contributed by atoms with Gasteiger partial charge in [-0.25, -0.2) is 4.79 Å². The van der Waals surface area contributed by atoms with Gasteiger partial charge in [0.2, 0.25) is 6.41 Å². The fourth-order valence-corrected chi connectivity index (χ4v) is 3.08. The van der Waals surface area contributed by atoms with E-state index in [0.717, 1.165) is 25.9 Å². The van der Waals surface area contributed by atoms with Gasteiger partial charge >= 0.3 is 21.7 Å². The van der Waals surface area contributed by atoms with Crippen molar-refractivity contribution in [2.75, 3.05) is 13.1 Å². The molecule has 1 heterocycles. The highest BCUT2D eigenvalue weighted by molar-refractivity contribution is 7.87. The van der Waals surface area contributed by atoms with Crippen LogP contribution in [0.2, 0.25) is 0 Å².